The maximum absolute atomic E-state index is 12.6. The molecule has 3 rings (SSSR count). The lowest BCUT2D eigenvalue weighted by Crippen LogP contribution is -2.37. The predicted octanol–water partition coefficient (Wildman–Crippen LogP) is 3.02. The van der Waals surface area contributed by atoms with Crippen molar-refractivity contribution in [1.82, 2.24) is 14.9 Å². The van der Waals surface area contributed by atoms with Crippen LogP contribution in [0.3, 0.4) is 0 Å². The highest BCUT2D eigenvalue weighted by molar-refractivity contribution is 5.92. The van der Waals surface area contributed by atoms with Crippen LogP contribution in [-0.2, 0) is 10.9 Å². The summed E-state index contributed by atoms with van der Waals surface area (Å²) in [5.74, 6) is -0.295. The fourth-order valence-corrected chi connectivity index (χ4v) is 2.61. The number of likely N-dealkylation sites (N-methyl/N-ethyl adjacent to an activating group) is 1. The van der Waals surface area contributed by atoms with E-state index in [0.717, 1.165) is 18.6 Å². The van der Waals surface area contributed by atoms with Gasteiger partial charge in [0.2, 0.25) is 0 Å². The maximum atomic E-state index is 12.6. The molecule has 1 atom stereocenters. The number of hydrogen-bond acceptors (Lipinski definition) is 4. The standard InChI is InChI=1S/C17H16F3N3O2/c1-23(13-6-7-25-10-13)16(24)15-9-21-8-14(22-15)11-2-4-12(5-3-11)17(18,19)20/h2-5,8-9,13H,6-7,10H2,1H3. The van der Waals surface area contributed by atoms with E-state index in [9.17, 15) is 18.0 Å². The number of halogens is 3. The molecule has 1 aliphatic rings. The van der Waals surface area contributed by atoms with Gasteiger partial charge in [-0.1, -0.05) is 12.1 Å². The zero-order chi connectivity index (χ0) is 18.0. The molecule has 1 aromatic carbocycles. The average molecular weight is 351 g/mol. The number of hydrogen-bond donors (Lipinski definition) is 0. The van der Waals surface area contributed by atoms with E-state index in [1.54, 1.807) is 11.9 Å². The second kappa shape index (κ2) is 6.79. The fraction of sp³-hybridized carbons (Fsp3) is 0.353. The van der Waals surface area contributed by atoms with Crippen molar-refractivity contribution in [3.8, 4) is 11.3 Å². The molecule has 1 fully saturated rings. The number of nitrogens with zero attached hydrogens (tertiary/aromatic N) is 3. The summed E-state index contributed by atoms with van der Waals surface area (Å²) in [5.41, 5.74) is 0.210. The molecule has 0 spiro atoms. The molecule has 1 aliphatic heterocycles. The van der Waals surface area contributed by atoms with Crippen LogP contribution in [0.25, 0.3) is 11.3 Å². The topological polar surface area (TPSA) is 55.3 Å². The summed E-state index contributed by atoms with van der Waals surface area (Å²) >= 11 is 0. The second-order valence-corrected chi connectivity index (χ2v) is 5.80. The van der Waals surface area contributed by atoms with Gasteiger partial charge in [0.25, 0.3) is 5.91 Å². The molecular weight excluding hydrogens is 335 g/mol. The number of ether oxygens (including phenoxy) is 1. The Morgan fingerprint density at radius 2 is 1.96 bits per heavy atom. The van der Waals surface area contributed by atoms with Gasteiger partial charge in [-0.05, 0) is 18.6 Å². The first-order chi connectivity index (χ1) is 11.9. The number of aromatic nitrogens is 2. The SMILES string of the molecule is CN(C(=O)c1cncc(-c2ccc(C(F)(F)F)cc2)n1)C1CCOC1. The molecule has 0 aliphatic carbocycles. The lowest BCUT2D eigenvalue weighted by atomic mass is 10.1. The molecule has 5 nitrogen and oxygen atoms in total. The Bertz CT molecular complexity index is 756. The zero-order valence-corrected chi connectivity index (χ0v) is 13.5. The van der Waals surface area contributed by atoms with Crippen molar-refractivity contribution in [3.63, 3.8) is 0 Å². The first-order valence-corrected chi connectivity index (χ1v) is 7.71. The quantitative estimate of drug-likeness (QED) is 0.853. The van der Waals surface area contributed by atoms with E-state index >= 15 is 0 Å². The molecule has 1 aromatic heterocycles. The Kier molecular flexibility index (Phi) is 4.71. The van der Waals surface area contributed by atoms with Crippen molar-refractivity contribution in [2.75, 3.05) is 20.3 Å². The number of alkyl halides is 3. The molecule has 132 valence electrons. The molecule has 0 saturated carbocycles. The van der Waals surface area contributed by atoms with Crippen LogP contribution in [0.15, 0.2) is 36.7 Å². The van der Waals surface area contributed by atoms with E-state index in [-0.39, 0.29) is 17.6 Å². The van der Waals surface area contributed by atoms with Gasteiger partial charge in [0.05, 0.1) is 36.3 Å². The van der Waals surface area contributed by atoms with Gasteiger partial charge in [0.15, 0.2) is 0 Å². The number of amides is 1. The minimum absolute atomic E-state index is 0.0102. The highest BCUT2D eigenvalue weighted by Gasteiger charge is 2.30. The average Bonchev–Trinajstić information content (AvgIpc) is 3.14. The molecule has 0 radical (unpaired) electrons. The Labute approximate surface area is 142 Å². The van der Waals surface area contributed by atoms with Crippen molar-refractivity contribution in [3.05, 3.63) is 47.9 Å². The highest BCUT2D eigenvalue weighted by Crippen LogP contribution is 2.30. The van der Waals surface area contributed by atoms with Crippen LogP contribution in [-0.4, -0.2) is 47.1 Å². The Balaban J connectivity index is 1.82. The van der Waals surface area contributed by atoms with Crippen LogP contribution >= 0.6 is 0 Å². The number of rotatable bonds is 3. The van der Waals surface area contributed by atoms with Crippen molar-refractivity contribution < 1.29 is 22.7 Å². The molecular formula is C17H16F3N3O2. The first-order valence-electron chi connectivity index (χ1n) is 7.71. The predicted molar refractivity (Wildman–Crippen MR) is 83.8 cm³/mol. The number of carbonyl (C=O) groups excluding carboxylic acids is 1. The van der Waals surface area contributed by atoms with Crippen molar-refractivity contribution in [1.29, 1.82) is 0 Å². The van der Waals surface area contributed by atoms with Gasteiger partial charge in [0.1, 0.15) is 5.69 Å². The van der Waals surface area contributed by atoms with Crippen molar-refractivity contribution in [2.45, 2.75) is 18.6 Å². The summed E-state index contributed by atoms with van der Waals surface area (Å²) in [4.78, 5) is 22.3. The van der Waals surface area contributed by atoms with Crippen LogP contribution in [0.5, 0.6) is 0 Å². The minimum Gasteiger partial charge on any atom is -0.379 e. The summed E-state index contributed by atoms with van der Waals surface area (Å²) in [6.45, 7) is 1.09. The summed E-state index contributed by atoms with van der Waals surface area (Å²) < 4.78 is 43.2. The third kappa shape index (κ3) is 3.79. The fourth-order valence-electron chi connectivity index (χ4n) is 2.61. The zero-order valence-electron chi connectivity index (χ0n) is 13.5. The molecule has 2 aromatic rings. The van der Waals surface area contributed by atoms with E-state index in [1.807, 2.05) is 0 Å². The van der Waals surface area contributed by atoms with E-state index in [4.69, 9.17) is 4.74 Å². The molecule has 25 heavy (non-hydrogen) atoms. The van der Waals surface area contributed by atoms with Crippen LogP contribution in [0.1, 0.15) is 22.5 Å². The van der Waals surface area contributed by atoms with Gasteiger partial charge in [0, 0.05) is 19.2 Å². The van der Waals surface area contributed by atoms with Crippen molar-refractivity contribution in [2.24, 2.45) is 0 Å². The van der Waals surface area contributed by atoms with Crippen LogP contribution in [0.2, 0.25) is 0 Å². The molecule has 1 amide bonds. The van der Waals surface area contributed by atoms with Gasteiger partial charge >= 0.3 is 6.18 Å². The number of benzene rings is 1. The number of carbonyl (C=O) groups is 1. The van der Waals surface area contributed by atoms with Crippen LogP contribution in [0, 0.1) is 0 Å². The van der Waals surface area contributed by atoms with Crippen LogP contribution < -0.4 is 0 Å². The summed E-state index contributed by atoms with van der Waals surface area (Å²) in [6, 6.07) is 4.58. The molecule has 0 N–H and O–H groups in total. The minimum atomic E-state index is -4.39. The van der Waals surface area contributed by atoms with E-state index in [0.29, 0.717) is 24.5 Å². The van der Waals surface area contributed by atoms with Gasteiger partial charge in [-0.25, -0.2) is 4.98 Å². The van der Waals surface area contributed by atoms with Crippen LogP contribution in [0.4, 0.5) is 13.2 Å². The van der Waals surface area contributed by atoms with E-state index < -0.39 is 11.7 Å². The smallest absolute Gasteiger partial charge is 0.379 e. The molecule has 2 heterocycles. The Hall–Kier alpha value is -2.48. The third-order valence-electron chi connectivity index (χ3n) is 4.14. The van der Waals surface area contributed by atoms with E-state index in [2.05, 4.69) is 9.97 Å². The third-order valence-corrected chi connectivity index (χ3v) is 4.14. The monoisotopic (exact) mass is 351 g/mol. The molecule has 0 bridgehead atoms. The Morgan fingerprint density at radius 1 is 1.24 bits per heavy atom. The summed E-state index contributed by atoms with van der Waals surface area (Å²) in [5, 5.41) is 0. The van der Waals surface area contributed by atoms with E-state index in [1.165, 1.54) is 24.5 Å². The molecule has 1 unspecified atom stereocenters. The summed E-state index contributed by atoms with van der Waals surface area (Å²) in [7, 11) is 1.67. The molecule has 1 saturated heterocycles. The first kappa shape index (κ1) is 17.3. The lowest BCUT2D eigenvalue weighted by Gasteiger charge is -2.22. The van der Waals surface area contributed by atoms with Gasteiger partial charge < -0.3 is 9.64 Å². The van der Waals surface area contributed by atoms with Crippen molar-refractivity contribution >= 4 is 5.91 Å². The second-order valence-electron chi connectivity index (χ2n) is 5.80. The largest absolute Gasteiger partial charge is 0.416 e. The molecule has 8 heteroatoms. The lowest BCUT2D eigenvalue weighted by molar-refractivity contribution is -0.137. The van der Waals surface area contributed by atoms with Gasteiger partial charge in [-0.2, -0.15) is 13.2 Å². The normalized spacial score (nSPS) is 17.5. The summed E-state index contributed by atoms with van der Waals surface area (Å²) in [6.07, 6.45) is -0.872. The maximum Gasteiger partial charge on any atom is 0.416 e. The van der Waals surface area contributed by atoms with Gasteiger partial charge in [-0.3, -0.25) is 9.78 Å². The highest BCUT2D eigenvalue weighted by atomic mass is 19.4. The Morgan fingerprint density at radius 3 is 2.56 bits per heavy atom. The van der Waals surface area contributed by atoms with Gasteiger partial charge in [-0.15, -0.1) is 0 Å².